The first-order valence-corrected chi connectivity index (χ1v) is 10.0. The minimum absolute atomic E-state index is 0.192. The molecule has 0 unspecified atom stereocenters. The lowest BCUT2D eigenvalue weighted by Gasteiger charge is -2.35. The number of piperazine rings is 1. The number of hydrogen-bond acceptors (Lipinski definition) is 3. The van der Waals surface area contributed by atoms with Crippen LogP contribution in [0.15, 0.2) is 11.0 Å². The minimum Gasteiger partial charge on any atom is -0.340 e. The van der Waals surface area contributed by atoms with Crippen LogP contribution in [0.1, 0.15) is 35.1 Å². The molecule has 0 N–H and O–H groups in total. The molecule has 0 atom stereocenters. The van der Waals surface area contributed by atoms with Crippen LogP contribution in [0.3, 0.4) is 0 Å². The summed E-state index contributed by atoms with van der Waals surface area (Å²) in [7, 11) is -3.53. The third-order valence-corrected chi connectivity index (χ3v) is 7.55. The summed E-state index contributed by atoms with van der Waals surface area (Å²) in [5.74, 6) is 0.392. The highest BCUT2D eigenvalue weighted by molar-refractivity contribution is 7.89. The predicted octanol–water partition coefficient (Wildman–Crippen LogP) is 2.16. The maximum absolute atomic E-state index is 13.2. The summed E-state index contributed by atoms with van der Waals surface area (Å²) < 4.78 is 27.9. The molecule has 1 aromatic carbocycles. The van der Waals surface area contributed by atoms with Crippen molar-refractivity contribution in [3.05, 3.63) is 28.3 Å². The summed E-state index contributed by atoms with van der Waals surface area (Å²) in [6.45, 7) is 9.41. The van der Waals surface area contributed by atoms with Crippen molar-refractivity contribution in [3.8, 4) is 0 Å². The molecule has 1 saturated carbocycles. The summed E-state index contributed by atoms with van der Waals surface area (Å²) in [4.78, 5) is 14.4. The minimum atomic E-state index is -3.53. The van der Waals surface area contributed by atoms with Crippen molar-refractivity contribution in [3.63, 3.8) is 0 Å². The van der Waals surface area contributed by atoms with E-state index in [9.17, 15) is 13.2 Å². The van der Waals surface area contributed by atoms with Gasteiger partial charge in [0.15, 0.2) is 0 Å². The van der Waals surface area contributed by atoms with Crippen LogP contribution >= 0.6 is 0 Å². The van der Waals surface area contributed by atoms with E-state index in [4.69, 9.17) is 0 Å². The van der Waals surface area contributed by atoms with E-state index in [1.165, 1.54) is 4.31 Å². The average molecular weight is 350 g/mol. The molecule has 0 spiro atoms. The van der Waals surface area contributed by atoms with Crippen LogP contribution in [-0.2, 0) is 14.8 Å². The molecule has 5 nitrogen and oxygen atoms in total. The molecule has 6 heteroatoms. The van der Waals surface area contributed by atoms with Gasteiger partial charge in [0.25, 0.3) is 0 Å². The van der Waals surface area contributed by atoms with Crippen molar-refractivity contribution in [2.24, 2.45) is 5.92 Å². The quantitative estimate of drug-likeness (QED) is 0.839. The summed E-state index contributed by atoms with van der Waals surface area (Å²) in [5.41, 5.74) is 3.66. The largest absolute Gasteiger partial charge is 0.340 e. The number of carbonyl (C=O) groups is 1. The number of benzene rings is 1. The number of aryl methyl sites for hydroxylation is 2. The maximum atomic E-state index is 13.2. The normalized spacial score (nSPS) is 19.6. The first-order chi connectivity index (χ1) is 11.2. The Morgan fingerprint density at radius 2 is 1.46 bits per heavy atom. The Morgan fingerprint density at radius 1 is 0.958 bits per heavy atom. The molecule has 1 heterocycles. The van der Waals surface area contributed by atoms with Gasteiger partial charge in [-0.1, -0.05) is 6.07 Å². The van der Waals surface area contributed by atoms with Crippen molar-refractivity contribution in [2.45, 2.75) is 45.4 Å². The number of amides is 1. The van der Waals surface area contributed by atoms with Crippen LogP contribution in [0.2, 0.25) is 0 Å². The van der Waals surface area contributed by atoms with Gasteiger partial charge in [-0.25, -0.2) is 8.42 Å². The molecule has 1 aliphatic heterocycles. The molecule has 1 aliphatic carbocycles. The Labute approximate surface area is 144 Å². The van der Waals surface area contributed by atoms with E-state index in [-0.39, 0.29) is 11.8 Å². The highest BCUT2D eigenvalue weighted by Gasteiger charge is 2.37. The second-order valence-electron chi connectivity index (χ2n) is 7.09. The molecule has 0 radical (unpaired) electrons. The van der Waals surface area contributed by atoms with E-state index in [0.717, 1.165) is 35.1 Å². The highest BCUT2D eigenvalue weighted by Crippen LogP contribution is 2.32. The zero-order valence-electron chi connectivity index (χ0n) is 14.9. The molecule has 0 aromatic heterocycles. The summed E-state index contributed by atoms with van der Waals surface area (Å²) >= 11 is 0. The van der Waals surface area contributed by atoms with Gasteiger partial charge < -0.3 is 4.90 Å². The van der Waals surface area contributed by atoms with Gasteiger partial charge in [0.1, 0.15) is 0 Å². The third-order valence-electron chi connectivity index (χ3n) is 5.37. The smallest absolute Gasteiger partial charge is 0.243 e. The van der Waals surface area contributed by atoms with Crippen LogP contribution in [0, 0.1) is 33.6 Å². The van der Waals surface area contributed by atoms with E-state index >= 15 is 0 Å². The molecule has 1 aromatic rings. The SMILES string of the molecule is Cc1cc(C)c(C)c(S(=O)(=O)N2CCN(C(=O)C3CC3)CC2)c1C. The van der Waals surface area contributed by atoms with Crippen molar-refractivity contribution >= 4 is 15.9 Å². The lowest BCUT2D eigenvalue weighted by molar-refractivity contribution is -0.133. The molecule has 2 fully saturated rings. The second kappa shape index (κ2) is 6.15. The van der Waals surface area contributed by atoms with Crippen LogP contribution in [-0.4, -0.2) is 49.7 Å². The molecule has 24 heavy (non-hydrogen) atoms. The van der Waals surface area contributed by atoms with Crippen LogP contribution in [0.5, 0.6) is 0 Å². The maximum Gasteiger partial charge on any atom is 0.243 e. The molecule has 132 valence electrons. The van der Waals surface area contributed by atoms with Gasteiger partial charge in [0, 0.05) is 32.1 Å². The predicted molar refractivity (Wildman–Crippen MR) is 93.5 cm³/mol. The van der Waals surface area contributed by atoms with Crippen LogP contribution in [0.25, 0.3) is 0 Å². The number of rotatable bonds is 3. The van der Waals surface area contributed by atoms with E-state index < -0.39 is 10.0 Å². The Bertz CT molecular complexity index is 748. The molecule has 0 bridgehead atoms. The van der Waals surface area contributed by atoms with Gasteiger partial charge in [0.2, 0.25) is 15.9 Å². The van der Waals surface area contributed by atoms with E-state index in [0.29, 0.717) is 31.1 Å². The molecular weight excluding hydrogens is 324 g/mol. The first-order valence-electron chi connectivity index (χ1n) is 8.60. The number of hydrogen-bond donors (Lipinski definition) is 0. The monoisotopic (exact) mass is 350 g/mol. The number of sulfonamides is 1. The van der Waals surface area contributed by atoms with E-state index in [1.807, 2.05) is 38.7 Å². The Balaban J connectivity index is 1.84. The Hall–Kier alpha value is -1.40. The Morgan fingerprint density at radius 3 is 1.92 bits per heavy atom. The lowest BCUT2D eigenvalue weighted by Crippen LogP contribution is -2.51. The van der Waals surface area contributed by atoms with Gasteiger partial charge in [0.05, 0.1) is 4.90 Å². The fourth-order valence-corrected chi connectivity index (χ4v) is 5.43. The Kier molecular flexibility index (Phi) is 4.47. The molecule has 3 rings (SSSR count). The number of carbonyl (C=O) groups excluding carboxylic acids is 1. The summed E-state index contributed by atoms with van der Waals surface area (Å²) in [5, 5.41) is 0. The fraction of sp³-hybridized carbons (Fsp3) is 0.611. The van der Waals surface area contributed by atoms with Crippen molar-refractivity contribution in [1.29, 1.82) is 0 Å². The van der Waals surface area contributed by atoms with E-state index in [2.05, 4.69) is 0 Å². The average Bonchev–Trinajstić information content (AvgIpc) is 3.37. The number of nitrogens with zero attached hydrogens (tertiary/aromatic N) is 2. The van der Waals surface area contributed by atoms with Crippen molar-refractivity contribution in [2.75, 3.05) is 26.2 Å². The first kappa shape index (κ1) is 17.4. The summed E-state index contributed by atoms with van der Waals surface area (Å²) in [6.07, 6.45) is 1.97. The van der Waals surface area contributed by atoms with Gasteiger partial charge in [-0.3, -0.25) is 4.79 Å². The zero-order valence-corrected chi connectivity index (χ0v) is 15.7. The van der Waals surface area contributed by atoms with Gasteiger partial charge >= 0.3 is 0 Å². The molecular formula is C18H26N2O3S. The fourth-order valence-electron chi connectivity index (χ4n) is 3.43. The molecule has 2 aliphatic rings. The van der Waals surface area contributed by atoms with Gasteiger partial charge in [-0.15, -0.1) is 0 Å². The molecule has 1 amide bonds. The zero-order chi connectivity index (χ0) is 17.6. The van der Waals surface area contributed by atoms with Crippen molar-refractivity contribution in [1.82, 2.24) is 9.21 Å². The van der Waals surface area contributed by atoms with Crippen LogP contribution < -0.4 is 0 Å². The standard InChI is InChI=1S/C18H26N2O3S/c1-12-11-13(2)15(4)17(14(12)3)24(22,23)20-9-7-19(8-10-20)18(21)16-5-6-16/h11,16H,5-10H2,1-4H3. The second-order valence-corrected chi connectivity index (χ2v) is 8.97. The topological polar surface area (TPSA) is 57.7 Å². The van der Waals surface area contributed by atoms with Gasteiger partial charge in [-0.05, 0) is 62.8 Å². The van der Waals surface area contributed by atoms with Gasteiger partial charge in [-0.2, -0.15) is 4.31 Å². The lowest BCUT2D eigenvalue weighted by atomic mass is 10.0. The van der Waals surface area contributed by atoms with Crippen LogP contribution in [0.4, 0.5) is 0 Å². The molecule has 1 saturated heterocycles. The highest BCUT2D eigenvalue weighted by atomic mass is 32.2. The van der Waals surface area contributed by atoms with Crippen molar-refractivity contribution < 1.29 is 13.2 Å². The van der Waals surface area contributed by atoms with E-state index in [1.54, 1.807) is 0 Å². The third kappa shape index (κ3) is 2.97. The summed E-state index contributed by atoms with van der Waals surface area (Å²) in [6, 6.07) is 2.04.